The highest BCUT2D eigenvalue weighted by molar-refractivity contribution is 7.99. The first-order valence-electron chi connectivity index (χ1n) is 6.31. The molecule has 0 radical (unpaired) electrons. The minimum absolute atomic E-state index is 0.183. The van der Waals surface area contributed by atoms with Crippen molar-refractivity contribution in [2.45, 2.75) is 38.9 Å². The number of halogens is 1. The third-order valence-electron chi connectivity index (χ3n) is 2.54. The summed E-state index contributed by atoms with van der Waals surface area (Å²) in [7, 11) is 0. The molecule has 0 saturated heterocycles. The van der Waals surface area contributed by atoms with E-state index in [0.717, 1.165) is 12.2 Å². The molecular formula is C12H17ClN4OS. The summed E-state index contributed by atoms with van der Waals surface area (Å²) in [5, 5.41) is 0.930. The van der Waals surface area contributed by atoms with Gasteiger partial charge in [0.15, 0.2) is 16.0 Å². The van der Waals surface area contributed by atoms with Crippen LogP contribution in [0, 0.1) is 5.92 Å². The Morgan fingerprint density at radius 1 is 1.42 bits per heavy atom. The van der Waals surface area contributed by atoms with Gasteiger partial charge in [0.25, 0.3) is 0 Å². The Bertz CT molecular complexity index is 634. The number of aromatic nitrogens is 4. The van der Waals surface area contributed by atoms with Crippen molar-refractivity contribution in [1.82, 2.24) is 19.5 Å². The summed E-state index contributed by atoms with van der Waals surface area (Å²) >= 11 is 7.67. The van der Waals surface area contributed by atoms with Gasteiger partial charge < -0.3 is 4.98 Å². The smallest absolute Gasteiger partial charge is 0.302 e. The van der Waals surface area contributed by atoms with Crippen molar-refractivity contribution in [1.29, 1.82) is 0 Å². The number of rotatable bonds is 5. The Labute approximate surface area is 120 Å². The Morgan fingerprint density at radius 2 is 2.16 bits per heavy atom. The van der Waals surface area contributed by atoms with Gasteiger partial charge in [0, 0.05) is 12.3 Å². The van der Waals surface area contributed by atoms with Crippen molar-refractivity contribution in [3.63, 3.8) is 0 Å². The minimum Gasteiger partial charge on any atom is -0.302 e. The lowest BCUT2D eigenvalue weighted by Crippen LogP contribution is -2.19. The van der Waals surface area contributed by atoms with Crippen LogP contribution in [0.2, 0.25) is 5.15 Å². The number of aromatic amines is 1. The molecule has 0 saturated carbocycles. The standard InChI is InChI=1S/C12H17ClN4OS/c1-4-5-19-11-15-9(13)8-10(16-11)17(6-7(2)3)12(18)14-8/h7H,4-6H2,1-3H3,(H,14,18). The number of nitrogens with zero attached hydrogens (tertiary/aromatic N) is 3. The predicted octanol–water partition coefficient (Wildman–Crippen LogP) is 2.93. The highest BCUT2D eigenvalue weighted by Crippen LogP contribution is 2.22. The Kier molecular flexibility index (Phi) is 4.52. The molecule has 0 aliphatic heterocycles. The average molecular weight is 301 g/mol. The van der Waals surface area contributed by atoms with Gasteiger partial charge in [0.1, 0.15) is 5.52 Å². The van der Waals surface area contributed by atoms with Crippen LogP contribution in [0.1, 0.15) is 27.2 Å². The first kappa shape index (κ1) is 14.4. The molecule has 0 spiro atoms. The van der Waals surface area contributed by atoms with E-state index in [4.69, 9.17) is 11.6 Å². The number of hydrogen-bond acceptors (Lipinski definition) is 4. The van der Waals surface area contributed by atoms with E-state index in [0.29, 0.717) is 33.9 Å². The van der Waals surface area contributed by atoms with Crippen molar-refractivity contribution in [3.8, 4) is 0 Å². The lowest BCUT2D eigenvalue weighted by molar-refractivity contribution is 0.519. The molecule has 19 heavy (non-hydrogen) atoms. The van der Waals surface area contributed by atoms with Crippen molar-refractivity contribution < 1.29 is 0 Å². The van der Waals surface area contributed by atoms with Gasteiger partial charge in [-0.1, -0.05) is 44.1 Å². The van der Waals surface area contributed by atoms with Gasteiger partial charge in [-0.3, -0.25) is 4.57 Å². The Balaban J connectivity index is 2.53. The van der Waals surface area contributed by atoms with E-state index in [1.807, 2.05) is 0 Å². The second kappa shape index (κ2) is 5.96. The van der Waals surface area contributed by atoms with Gasteiger partial charge in [-0.15, -0.1) is 0 Å². The normalized spacial score (nSPS) is 11.6. The maximum Gasteiger partial charge on any atom is 0.327 e. The molecule has 7 heteroatoms. The molecule has 0 unspecified atom stereocenters. The summed E-state index contributed by atoms with van der Waals surface area (Å²) in [4.78, 5) is 23.3. The zero-order chi connectivity index (χ0) is 14.0. The largest absolute Gasteiger partial charge is 0.327 e. The molecule has 2 rings (SSSR count). The van der Waals surface area contributed by atoms with Gasteiger partial charge in [0.05, 0.1) is 0 Å². The van der Waals surface area contributed by atoms with Crippen molar-refractivity contribution in [2.24, 2.45) is 5.92 Å². The van der Waals surface area contributed by atoms with E-state index in [1.165, 1.54) is 0 Å². The van der Waals surface area contributed by atoms with E-state index in [1.54, 1.807) is 16.3 Å². The second-order valence-corrected chi connectivity index (χ2v) is 6.20. The Hall–Kier alpha value is -1.01. The molecule has 0 aliphatic rings. The summed E-state index contributed by atoms with van der Waals surface area (Å²) in [5.74, 6) is 1.29. The van der Waals surface area contributed by atoms with Crippen LogP contribution in [0.15, 0.2) is 9.95 Å². The van der Waals surface area contributed by atoms with Crippen molar-refractivity contribution in [2.75, 3.05) is 5.75 Å². The van der Waals surface area contributed by atoms with E-state index in [-0.39, 0.29) is 5.69 Å². The molecule has 2 aromatic rings. The summed E-state index contributed by atoms with van der Waals surface area (Å²) in [6, 6.07) is 0. The number of hydrogen-bond donors (Lipinski definition) is 1. The third kappa shape index (κ3) is 3.12. The monoisotopic (exact) mass is 300 g/mol. The molecule has 0 bridgehead atoms. The fraction of sp³-hybridized carbons (Fsp3) is 0.583. The number of fused-ring (bicyclic) bond motifs is 1. The molecule has 104 valence electrons. The quantitative estimate of drug-likeness (QED) is 0.524. The maximum absolute atomic E-state index is 11.9. The van der Waals surface area contributed by atoms with Crippen LogP contribution < -0.4 is 5.69 Å². The number of H-pyrrole nitrogens is 1. The molecule has 2 heterocycles. The fourth-order valence-corrected chi connectivity index (χ4v) is 2.72. The van der Waals surface area contributed by atoms with E-state index in [2.05, 4.69) is 35.7 Å². The Morgan fingerprint density at radius 3 is 2.79 bits per heavy atom. The molecule has 1 N–H and O–H groups in total. The minimum atomic E-state index is -0.183. The second-order valence-electron chi connectivity index (χ2n) is 4.78. The van der Waals surface area contributed by atoms with Crippen LogP contribution >= 0.6 is 23.4 Å². The van der Waals surface area contributed by atoms with Crippen LogP contribution in [-0.2, 0) is 6.54 Å². The van der Waals surface area contributed by atoms with Gasteiger partial charge in [-0.2, -0.15) is 0 Å². The average Bonchev–Trinajstić information content (AvgIpc) is 2.64. The number of imidazole rings is 1. The van der Waals surface area contributed by atoms with Crippen LogP contribution in [0.5, 0.6) is 0 Å². The molecular weight excluding hydrogens is 284 g/mol. The lowest BCUT2D eigenvalue weighted by atomic mass is 10.2. The summed E-state index contributed by atoms with van der Waals surface area (Å²) < 4.78 is 1.63. The zero-order valence-corrected chi connectivity index (χ0v) is 12.8. The molecule has 5 nitrogen and oxygen atoms in total. The molecule has 0 aliphatic carbocycles. The molecule has 2 aromatic heterocycles. The predicted molar refractivity (Wildman–Crippen MR) is 79.0 cm³/mol. The molecule has 0 aromatic carbocycles. The van der Waals surface area contributed by atoms with Crippen LogP contribution in [0.25, 0.3) is 11.2 Å². The van der Waals surface area contributed by atoms with Crippen LogP contribution in [0.4, 0.5) is 0 Å². The topological polar surface area (TPSA) is 63.6 Å². The first-order valence-corrected chi connectivity index (χ1v) is 7.68. The third-order valence-corrected chi connectivity index (χ3v) is 3.87. The highest BCUT2D eigenvalue weighted by Gasteiger charge is 2.15. The van der Waals surface area contributed by atoms with Crippen LogP contribution in [0.3, 0.4) is 0 Å². The first-order chi connectivity index (χ1) is 9.02. The van der Waals surface area contributed by atoms with E-state index >= 15 is 0 Å². The lowest BCUT2D eigenvalue weighted by Gasteiger charge is -2.06. The van der Waals surface area contributed by atoms with Gasteiger partial charge >= 0.3 is 5.69 Å². The zero-order valence-electron chi connectivity index (χ0n) is 11.2. The number of nitrogens with one attached hydrogen (secondary N) is 1. The summed E-state index contributed by atoms with van der Waals surface area (Å²) in [6.45, 7) is 6.82. The fourth-order valence-electron chi connectivity index (χ4n) is 1.77. The number of thioether (sulfide) groups is 1. The maximum atomic E-state index is 11.9. The highest BCUT2D eigenvalue weighted by atomic mass is 35.5. The van der Waals surface area contributed by atoms with Gasteiger partial charge in [-0.25, -0.2) is 14.8 Å². The molecule has 0 atom stereocenters. The molecule has 0 amide bonds. The van der Waals surface area contributed by atoms with E-state index < -0.39 is 0 Å². The van der Waals surface area contributed by atoms with E-state index in [9.17, 15) is 4.79 Å². The van der Waals surface area contributed by atoms with Crippen LogP contribution in [-0.4, -0.2) is 25.3 Å². The SMILES string of the molecule is CCCSc1nc(Cl)c2[nH]c(=O)n(CC(C)C)c2n1. The summed E-state index contributed by atoms with van der Waals surface area (Å²) in [5.41, 5.74) is 0.933. The van der Waals surface area contributed by atoms with Gasteiger partial charge in [0.2, 0.25) is 0 Å². The van der Waals surface area contributed by atoms with Crippen molar-refractivity contribution >= 4 is 34.5 Å². The molecule has 0 fully saturated rings. The summed E-state index contributed by atoms with van der Waals surface area (Å²) in [6.07, 6.45) is 1.04. The van der Waals surface area contributed by atoms with Gasteiger partial charge in [-0.05, 0) is 12.3 Å². The van der Waals surface area contributed by atoms with Crippen molar-refractivity contribution in [3.05, 3.63) is 15.6 Å².